The van der Waals surface area contributed by atoms with Crippen molar-refractivity contribution in [3.63, 3.8) is 0 Å². The van der Waals surface area contributed by atoms with Crippen LogP contribution in [-0.2, 0) is 26.2 Å². The summed E-state index contributed by atoms with van der Waals surface area (Å²) in [4.78, 5) is 42.3. The minimum atomic E-state index is -3.93. The van der Waals surface area contributed by atoms with Crippen molar-refractivity contribution >= 4 is 44.8 Å². The predicted molar refractivity (Wildman–Crippen MR) is 125 cm³/mol. The zero-order valence-electron chi connectivity index (χ0n) is 18.1. The highest BCUT2D eigenvalue weighted by molar-refractivity contribution is 7.89. The summed E-state index contributed by atoms with van der Waals surface area (Å²) in [5, 5.41) is 6.89. The van der Waals surface area contributed by atoms with Crippen molar-refractivity contribution in [1.29, 1.82) is 0 Å². The quantitative estimate of drug-likeness (QED) is 0.499. The maximum atomic E-state index is 13.4. The summed E-state index contributed by atoms with van der Waals surface area (Å²) < 4.78 is 33.8. The number of carbonyl (C=O) groups is 3. The lowest BCUT2D eigenvalue weighted by molar-refractivity contribution is -0.122. The first-order chi connectivity index (χ1) is 16.7. The third-order valence-electron chi connectivity index (χ3n) is 5.71. The van der Waals surface area contributed by atoms with Crippen LogP contribution in [0.5, 0.6) is 11.5 Å². The van der Waals surface area contributed by atoms with E-state index in [2.05, 4.69) is 0 Å². The van der Waals surface area contributed by atoms with E-state index in [4.69, 9.17) is 14.6 Å². The highest BCUT2D eigenvalue weighted by Gasteiger charge is 2.44. The molecule has 35 heavy (non-hydrogen) atoms. The molecule has 2 aromatic carbocycles. The van der Waals surface area contributed by atoms with Crippen molar-refractivity contribution in [2.45, 2.75) is 23.9 Å². The molecule has 1 saturated heterocycles. The van der Waals surface area contributed by atoms with Gasteiger partial charge in [0.25, 0.3) is 11.8 Å². The number of rotatable bonds is 6. The number of thiophene rings is 1. The number of nitrogens with two attached hydrogens (primary N) is 1. The van der Waals surface area contributed by atoms with Crippen molar-refractivity contribution in [2.24, 2.45) is 5.14 Å². The molecular weight excluding hydrogens is 494 g/mol. The molecule has 0 bridgehead atoms. The van der Waals surface area contributed by atoms with E-state index in [0.29, 0.717) is 21.9 Å². The lowest BCUT2D eigenvalue weighted by Gasteiger charge is -2.27. The van der Waals surface area contributed by atoms with Crippen LogP contribution in [0.4, 0.5) is 5.69 Å². The standard InChI is InChI=1S/C23H19N3O7S2/c24-35(30,31)16-6-4-15(5-7-16)26-21(27)11-17(22(26)28)25(23(29)20-2-1-9-34-20)12-14-3-8-18-19(10-14)33-13-32-18/h1-10,17H,11-13H2,(H2,24,30,31). The van der Waals surface area contributed by atoms with Gasteiger partial charge < -0.3 is 14.4 Å². The number of primary sulfonamides is 1. The number of amides is 3. The number of benzene rings is 2. The van der Waals surface area contributed by atoms with Crippen LogP contribution in [0.2, 0.25) is 0 Å². The summed E-state index contributed by atoms with van der Waals surface area (Å²) in [5.41, 5.74) is 0.900. The van der Waals surface area contributed by atoms with Crippen LogP contribution in [0.3, 0.4) is 0 Å². The molecular formula is C23H19N3O7S2. The molecule has 12 heteroatoms. The van der Waals surface area contributed by atoms with Gasteiger partial charge in [0, 0.05) is 6.54 Å². The Bertz CT molecular complexity index is 1420. The minimum Gasteiger partial charge on any atom is -0.454 e. The van der Waals surface area contributed by atoms with Gasteiger partial charge in [-0.15, -0.1) is 11.3 Å². The molecule has 3 heterocycles. The summed E-state index contributed by atoms with van der Waals surface area (Å²) in [6.07, 6.45) is -0.211. The number of ether oxygens (including phenoxy) is 2. The molecule has 0 spiro atoms. The topological polar surface area (TPSA) is 136 Å². The van der Waals surface area contributed by atoms with Crippen LogP contribution in [-0.4, -0.2) is 43.9 Å². The minimum absolute atomic E-state index is 0.0647. The van der Waals surface area contributed by atoms with Crippen LogP contribution in [0.25, 0.3) is 0 Å². The van der Waals surface area contributed by atoms with Gasteiger partial charge in [-0.3, -0.25) is 14.4 Å². The van der Waals surface area contributed by atoms with Gasteiger partial charge in [0.15, 0.2) is 11.5 Å². The number of sulfonamides is 1. The first-order valence-corrected chi connectivity index (χ1v) is 12.9. The average Bonchev–Trinajstić information content (AvgIpc) is 3.57. The van der Waals surface area contributed by atoms with E-state index in [1.54, 1.807) is 35.7 Å². The summed E-state index contributed by atoms with van der Waals surface area (Å²) >= 11 is 1.24. The van der Waals surface area contributed by atoms with Gasteiger partial charge in [0.2, 0.25) is 22.7 Å². The van der Waals surface area contributed by atoms with Gasteiger partial charge in [0.1, 0.15) is 6.04 Å². The highest BCUT2D eigenvalue weighted by atomic mass is 32.2. The van der Waals surface area contributed by atoms with Gasteiger partial charge >= 0.3 is 0 Å². The fourth-order valence-electron chi connectivity index (χ4n) is 4.02. The second-order valence-electron chi connectivity index (χ2n) is 7.92. The predicted octanol–water partition coefficient (Wildman–Crippen LogP) is 2.10. The smallest absolute Gasteiger partial charge is 0.264 e. The zero-order chi connectivity index (χ0) is 24.7. The van der Waals surface area contributed by atoms with E-state index in [9.17, 15) is 22.8 Å². The lowest BCUT2D eigenvalue weighted by Crippen LogP contribution is -2.44. The Hall–Kier alpha value is -3.74. The molecule has 2 aliphatic rings. The Kier molecular flexibility index (Phi) is 5.79. The zero-order valence-corrected chi connectivity index (χ0v) is 19.8. The Morgan fingerprint density at radius 3 is 2.51 bits per heavy atom. The van der Waals surface area contributed by atoms with Gasteiger partial charge in [0.05, 0.1) is 21.9 Å². The van der Waals surface area contributed by atoms with Crippen LogP contribution in [0.1, 0.15) is 21.7 Å². The Morgan fingerprint density at radius 2 is 1.83 bits per heavy atom. The molecule has 1 fully saturated rings. The van der Waals surface area contributed by atoms with Crippen molar-refractivity contribution in [1.82, 2.24) is 4.90 Å². The second kappa shape index (κ2) is 8.80. The molecule has 0 saturated carbocycles. The fourth-order valence-corrected chi connectivity index (χ4v) is 5.21. The van der Waals surface area contributed by atoms with Crippen molar-refractivity contribution in [3.8, 4) is 11.5 Å². The summed E-state index contributed by atoms with van der Waals surface area (Å²) in [7, 11) is -3.93. The monoisotopic (exact) mass is 513 g/mol. The molecule has 2 N–H and O–H groups in total. The number of fused-ring (bicyclic) bond motifs is 1. The van der Waals surface area contributed by atoms with Crippen molar-refractivity contribution in [3.05, 3.63) is 70.4 Å². The lowest BCUT2D eigenvalue weighted by atomic mass is 10.1. The molecule has 0 radical (unpaired) electrons. The van der Waals surface area contributed by atoms with Crippen molar-refractivity contribution in [2.75, 3.05) is 11.7 Å². The van der Waals surface area contributed by atoms with E-state index < -0.39 is 27.9 Å². The van der Waals surface area contributed by atoms with Gasteiger partial charge in [-0.1, -0.05) is 12.1 Å². The van der Waals surface area contributed by atoms with E-state index in [1.807, 2.05) is 0 Å². The van der Waals surface area contributed by atoms with Gasteiger partial charge in [-0.2, -0.15) is 0 Å². The third-order valence-corrected chi connectivity index (χ3v) is 7.49. The number of carbonyl (C=O) groups excluding carboxylic acids is 3. The number of nitrogens with zero attached hydrogens (tertiary/aromatic N) is 2. The van der Waals surface area contributed by atoms with Crippen LogP contribution < -0.4 is 19.5 Å². The molecule has 180 valence electrons. The molecule has 3 amide bonds. The molecule has 10 nitrogen and oxygen atoms in total. The Labute approximate surface area is 204 Å². The third kappa shape index (κ3) is 4.38. The normalized spacial score (nSPS) is 17.2. The van der Waals surface area contributed by atoms with Crippen LogP contribution in [0, 0.1) is 0 Å². The first kappa shape index (κ1) is 23.0. The summed E-state index contributed by atoms with van der Waals surface area (Å²) in [5.74, 6) is -0.334. The SMILES string of the molecule is NS(=O)(=O)c1ccc(N2C(=O)CC(N(Cc3ccc4c(c3)OCO4)C(=O)c3cccs3)C2=O)cc1. The molecule has 1 atom stereocenters. The maximum Gasteiger partial charge on any atom is 0.264 e. The van der Waals surface area contributed by atoms with E-state index >= 15 is 0 Å². The van der Waals surface area contributed by atoms with Crippen LogP contribution >= 0.6 is 11.3 Å². The first-order valence-electron chi connectivity index (χ1n) is 10.4. The molecule has 5 rings (SSSR count). The summed E-state index contributed by atoms with van der Waals surface area (Å²) in [6, 6.07) is 12.7. The van der Waals surface area contributed by atoms with E-state index in [1.165, 1.54) is 40.5 Å². The van der Waals surface area contributed by atoms with Crippen LogP contribution in [0.15, 0.2) is 64.9 Å². The molecule has 1 aromatic heterocycles. The average molecular weight is 514 g/mol. The Morgan fingerprint density at radius 1 is 1.09 bits per heavy atom. The number of imide groups is 1. The largest absolute Gasteiger partial charge is 0.454 e. The Balaban J connectivity index is 1.46. The fraction of sp³-hybridized carbons (Fsp3) is 0.174. The molecule has 2 aliphatic heterocycles. The van der Waals surface area contributed by atoms with E-state index in [-0.39, 0.29) is 36.2 Å². The number of hydrogen-bond acceptors (Lipinski definition) is 8. The number of hydrogen-bond donors (Lipinski definition) is 1. The maximum absolute atomic E-state index is 13.4. The second-order valence-corrected chi connectivity index (χ2v) is 10.4. The number of anilines is 1. The van der Waals surface area contributed by atoms with Gasteiger partial charge in [-0.05, 0) is 53.4 Å². The highest BCUT2D eigenvalue weighted by Crippen LogP contribution is 2.34. The van der Waals surface area contributed by atoms with E-state index in [0.717, 1.165) is 4.90 Å². The summed E-state index contributed by atoms with van der Waals surface area (Å²) in [6.45, 7) is 0.167. The molecule has 0 aliphatic carbocycles. The molecule has 1 unspecified atom stereocenters. The molecule has 3 aromatic rings. The van der Waals surface area contributed by atoms with Crippen molar-refractivity contribution < 1.29 is 32.3 Å². The van der Waals surface area contributed by atoms with Gasteiger partial charge in [-0.25, -0.2) is 18.5 Å².